The molecule has 0 radical (unpaired) electrons. The average molecular weight is 334 g/mol. The van der Waals surface area contributed by atoms with Crippen LogP contribution in [-0.4, -0.2) is 58.4 Å². The Morgan fingerprint density at radius 2 is 2.17 bits per heavy atom. The van der Waals surface area contributed by atoms with Crippen LogP contribution >= 0.6 is 12.8 Å². The van der Waals surface area contributed by atoms with Gasteiger partial charge in [-0.2, -0.15) is 0 Å². The molecule has 1 aromatic heterocycles. The predicted octanol–water partition coefficient (Wildman–Crippen LogP) is 1.51. The van der Waals surface area contributed by atoms with E-state index in [1.165, 1.54) is 0 Å². The summed E-state index contributed by atoms with van der Waals surface area (Å²) in [6.07, 6.45) is 6.50. The molecule has 2 fully saturated rings. The molecule has 3 heterocycles. The normalized spacial score (nSPS) is 25.4. The van der Waals surface area contributed by atoms with E-state index in [9.17, 15) is 4.79 Å². The third-order valence-electron chi connectivity index (χ3n) is 5.15. The SMILES string of the molecule is CN1CCCC1C(=O)NC1(Cc2ccccn2)CCN(S)CC1. The Bertz CT molecular complexity index is 531. The fourth-order valence-corrected chi connectivity index (χ4v) is 3.90. The third-order valence-corrected chi connectivity index (χ3v) is 5.55. The molecule has 1 amide bonds. The molecule has 23 heavy (non-hydrogen) atoms. The number of hydrogen-bond acceptors (Lipinski definition) is 5. The van der Waals surface area contributed by atoms with Gasteiger partial charge in [-0.1, -0.05) is 18.9 Å². The fourth-order valence-electron chi connectivity index (χ4n) is 3.70. The largest absolute Gasteiger partial charge is 0.349 e. The van der Waals surface area contributed by atoms with Crippen molar-refractivity contribution in [1.82, 2.24) is 19.5 Å². The van der Waals surface area contributed by atoms with Gasteiger partial charge >= 0.3 is 0 Å². The van der Waals surface area contributed by atoms with Gasteiger partial charge in [0.15, 0.2) is 0 Å². The standard InChI is InChI=1S/C17H26N4OS/c1-20-10-4-6-15(20)16(22)19-17(7-11-21(23)12-8-17)13-14-5-2-3-9-18-14/h2-3,5,9,15,23H,4,6-8,10-13H2,1H3,(H,19,22). The molecule has 1 aromatic rings. The number of likely N-dealkylation sites (tertiary alicyclic amines) is 1. The van der Waals surface area contributed by atoms with Crippen LogP contribution in [0.5, 0.6) is 0 Å². The van der Waals surface area contributed by atoms with Gasteiger partial charge in [0.25, 0.3) is 0 Å². The lowest BCUT2D eigenvalue weighted by Crippen LogP contribution is -2.58. The summed E-state index contributed by atoms with van der Waals surface area (Å²) in [6.45, 7) is 2.78. The summed E-state index contributed by atoms with van der Waals surface area (Å²) in [5.41, 5.74) is 0.842. The molecule has 1 N–H and O–H groups in total. The zero-order valence-corrected chi connectivity index (χ0v) is 14.6. The maximum atomic E-state index is 12.8. The first-order valence-corrected chi connectivity index (χ1v) is 8.84. The van der Waals surface area contributed by atoms with E-state index in [0.717, 1.165) is 57.4 Å². The lowest BCUT2D eigenvalue weighted by Gasteiger charge is -2.41. The molecular formula is C17H26N4OS. The lowest BCUT2D eigenvalue weighted by atomic mass is 9.83. The van der Waals surface area contributed by atoms with Crippen LogP contribution in [0, 0.1) is 0 Å². The highest BCUT2D eigenvalue weighted by molar-refractivity contribution is 7.77. The van der Waals surface area contributed by atoms with Gasteiger partial charge in [0.2, 0.25) is 5.91 Å². The number of thiol groups is 1. The quantitative estimate of drug-likeness (QED) is 0.820. The summed E-state index contributed by atoms with van der Waals surface area (Å²) >= 11 is 4.45. The molecular weight excluding hydrogens is 308 g/mol. The van der Waals surface area contributed by atoms with E-state index in [0.29, 0.717) is 0 Å². The van der Waals surface area contributed by atoms with Gasteiger partial charge in [-0.25, -0.2) is 0 Å². The minimum absolute atomic E-state index is 0.0182. The van der Waals surface area contributed by atoms with Crippen LogP contribution < -0.4 is 5.32 Å². The van der Waals surface area contributed by atoms with E-state index < -0.39 is 0 Å². The highest BCUT2D eigenvalue weighted by Crippen LogP contribution is 2.28. The number of amides is 1. The molecule has 1 unspecified atom stereocenters. The molecule has 6 heteroatoms. The van der Waals surface area contributed by atoms with Crippen LogP contribution in [0.2, 0.25) is 0 Å². The number of piperidine rings is 1. The summed E-state index contributed by atoms with van der Waals surface area (Å²) in [4.78, 5) is 19.4. The van der Waals surface area contributed by atoms with Gasteiger partial charge in [-0.05, 0) is 51.4 Å². The lowest BCUT2D eigenvalue weighted by molar-refractivity contribution is -0.127. The number of hydrogen-bond donors (Lipinski definition) is 2. The smallest absolute Gasteiger partial charge is 0.237 e. The second kappa shape index (κ2) is 7.20. The maximum Gasteiger partial charge on any atom is 0.237 e. The summed E-state index contributed by atoms with van der Waals surface area (Å²) in [7, 11) is 2.04. The predicted molar refractivity (Wildman–Crippen MR) is 94.3 cm³/mol. The molecule has 2 aliphatic heterocycles. The van der Waals surface area contributed by atoms with E-state index in [4.69, 9.17) is 0 Å². The Balaban J connectivity index is 1.74. The first-order chi connectivity index (χ1) is 11.1. The van der Waals surface area contributed by atoms with E-state index in [-0.39, 0.29) is 17.5 Å². The third kappa shape index (κ3) is 4.05. The summed E-state index contributed by atoms with van der Waals surface area (Å²) in [5, 5.41) is 3.39. The van der Waals surface area contributed by atoms with Crippen LogP contribution in [0.4, 0.5) is 0 Å². The minimum Gasteiger partial charge on any atom is -0.349 e. The van der Waals surface area contributed by atoms with Crippen molar-refractivity contribution in [2.75, 3.05) is 26.7 Å². The van der Waals surface area contributed by atoms with E-state index in [1.807, 2.05) is 35.7 Å². The number of pyridine rings is 1. The van der Waals surface area contributed by atoms with Crippen LogP contribution in [0.15, 0.2) is 24.4 Å². The first-order valence-electron chi connectivity index (χ1n) is 8.44. The maximum absolute atomic E-state index is 12.8. The minimum atomic E-state index is -0.200. The van der Waals surface area contributed by atoms with Crippen molar-refractivity contribution in [2.24, 2.45) is 0 Å². The van der Waals surface area contributed by atoms with E-state index in [1.54, 1.807) is 0 Å². The Morgan fingerprint density at radius 3 is 2.78 bits per heavy atom. The fraction of sp³-hybridized carbons (Fsp3) is 0.647. The highest BCUT2D eigenvalue weighted by atomic mass is 32.1. The molecule has 0 aliphatic carbocycles. The number of aromatic nitrogens is 1. The second-order valence-electron chi connectivity index (χ2n) is 6.86. The van der Waals surface area contributed by atoms with Crippen molar-refractivity contribution in [3.63, 3.8) is 0 Å². The number of carbonyl (C=O) groups excluding carboxylic acids is 1. The van der Waals surface area contributed by atoms with Crippen molar-refractivity contribution >= 4 is 18.7 Å². The zero-order chi connectivity index (χ0) is 16.3. The topological polar surface area (TPSA) is 48.5 Å². The Labute approximate surface area is 144 Å². The number of nitrogens with zero attached hydrogens (tertiary/aromatic N) is 3. The van der Waals surface area contributed by atoms with Crippen molar-refractivity contribution in [3.8, 4) is 0 Å². The van der Waals surface area contributed by atoms with Gasteiger partial charge in [0.1, 0.15) is 0 Å². The molecule has 0 spiro atoms. The van der Waals surface area contributed by atoms with E-state index in [2.05, 4.69) is 28.0 Å². The molecule has 126 valence electrons. The molecule has 1 atom stereocenters. The molecule has 0 aromatic carbocycles. The van der Waals surface area contributed by atoms with Crippen molar-refractivity contribution < 1.29 is 4.79 Å². The van der Waals surface area contributed by atoms with Gasteiger partial charge in [-0.15, -0.1) is 0 Å². The Hall–Kier alpha value is -1.11. The summed E-state index contributed by atoms with van der Waals surface area (Å²) in [6, 6.07) is 6.00. The highest BCUT2D eigenvalue weighted by Gasteiger charge is 2.39. The first kappa shape index (κ1) is 16.7. The van der Waals surface area contributed by atoms with Crippen LogP contribution in [0.3, 0.4) is 0 Å². The van der Waals surface area contributed by atoms with Crippen LogP contribution in [0.1, 0.15) is 31.4 Å². The van der Waals surface area contributed by atoms with Crippen LogP contribution in [-0.2, 0) is 11.2 Å². The number of nitrogens with one attached hydrogen (secondary N) is 1. The second-order valence-corrected chi connectivity index (χ2v) is 7.43. The molecule has 2 saturated heterocycles. The summed E-state index contributed by atoms with van der Waals surface area (Å²) in [5.74, 6) is 0.175. The number of likely N-dealkylation sites (N-methyl/N-ethyl adjacent to an activating group) is 1. The van der Waals surface area contributed by atoms with Crippen molar-refractivity contribution in [3.05, 3.63) is 30.1 Å². The summed E-state index contributed by atoms with van der Waals surface area (Å²) < 4.78 is 2.03. The molecule has 0 bridgehead atoms. The van der Waals surface area contributed by atoms with Crippen LogP contribution in [0.25, 0.3) is 0 Å². The number of rotatable bonds is 4. The average Bonchev–Trinajstić information content (AvgIpc) is 2.98. The van der Waals surface area contributed by atoms with Gasteiger partial charge < -0.3 is 5.32 Å². The van der Waals surface area contributed by atoms with Gasteiger partial charge in [-0.3, -0.25) is 19.0 Å². The molecule has 2 aliphatic rings. The van der Waals surface area contributed by atoms with Crippen molar-refractivity contribution in [1.29, 1.82) is 0 Å². The molecule has 3 rings (SSSR count). The van der Waals surface area contributed by atoms with Gasteiger partial charge in [0.05, 0.1) is 6.04 Å². The number of carbonyl (C=O) groups is 1. The monoisotopic (exact) mass is 334 g/mol. The zero-order valence-electron chi connectivity index (χ0n) is 13.7. The Kier molecular flexibility index (Phi) is 5.24. The Morgan fingerprint density at radius 1 is 1.39 bits per heavy atom. The van der Waals surface area contributed by atoms with Gasteiger partial charge in [0, 0.05) is 36.9 Å². The molecule has 5 nitrogen and oxygen atoms in total. The molecule has 0 saturated carbocycles. The van der Waals surface area contributed by atoms with Crippen molar-refractivity contribution in [2.45, 2.75) is 43.7 Å². The van der Waals surface area contributed by atoms with E-state index >= 15 is 0 Å².